The molecule has 0 saturated carbocycles. The van der Waals surface area contributed by atoms with Crippen molar-refractivity contribution in [2.45, 2.75) is 38.3 Å². The van der Waals surface area contributed by atoms with E-state index in [4.69, 9.17) is 14.9 Å². The molecule has 1 rings (SSSR count). The van der Waals surface area contributed by atoms with Crippen LogP contribution in [0.3, 0.4) is 0 Å². The van der Waals surface area contributed by atoms with Crippen LogP contribution in [0.1, 0.15) is 13.8 Å². The summed E-state index contributed by atoms with van der Waals surface area (Å²) in [7, 11) is 0. The van der Waals surface area contributed by atoms with E-state index in [9.17, 15) is 0 Å². The fraction of sp³-hybridized carbons (Fsp3) is 1.00. The van der Waals surface area contributed by atoms with Crippen molar-refractivity contribution in [2.24, 2.45) is 0 Å². The average Bonchev–Trinajstić information content (AvgIpc) is 1.98. The zero-order chi connectivity index (χ0) is 7.02. The van der Waals surface area contributed by atoms with Crippen LogP contribution in [0.4, 0.5) is 0 Å². The van der Waals surface area contributed by atoms with Crippen LogP contribution in [-0.4, -0.2) is 34.6 Å². The molecular weight excluding hydrogens is 120 g/mol. The average molecular weight is 132 g/mol. The Morgan fingerprint density at radius 1 is 1.00 bits per heavy atom. The summed E-state index contributed by atoms with van der Waals surface area (Å²) >= 11 is 0. The van der Waals surface area contributed by atoms with Gasteiger partial charge in [-0.2, -0.15) is 0 Å². The van der Waals surface area contributed by atoms with E-state index in [-0.39, 0.29) is 12.2 Å². The van der Waals surface area contributed by atoms with Gasteiger partial charge in [-0.05, 0) is 13.8 Å². The maximum Gasteiger partial charge on any atom is 0.108 e. The molecule has 0 bridgehead atoms. The second-order valence-corrected chi connectivity index (χ2v) is 2.53. The minimum Gasteiger partial charge on any atom is -0.388 e. The van der Waals surface area contributed by atoms with Gasteiger partial charge in [0.2, 0.25) is 0 Å². The molecule has 1 fully saturated rings. The minimum absolute atomic E-state index is 0.227. The molecule has 3 heteroatoms. The van der Waals surface area contributed by atoms with Gasteiger partial charge in [0.05, 0.1) is 12.2 Å². The molecule has 0 amide bonds. The third-order valence-corrected chi connectivity index (χ3v) is 1.74. The highest BCUT2D eigenvalue weighted by Crippen LogP contribution is 2.19. The largest absolute Gasteiger partial charge is 0.388 e. The van der Waals surface area contributed by atoms with E-state index in [0.29, 0.717) is 0 Å². The maximum atomic E-state index is 9.06. The molecule has 1 aliphatic rings. The lowest BCUT2D eigenvalue weighted by Crippen LogP contribution is -2.30. The molecule has 1 aliphatic heterocycles. The highest BCUT2D eigenvalue weighted by molar-refractivity contribution is 4.85. The quantitative estimate of drug-likeness (QED) is 0.468. The van der Waals surface area contributed by atoms with Crippen molar-refractivity contribution in [3.05, 3.63) is 0 Å². The molecule has 3 unspecified atom stereocenters. The SMILES string of the molecule is CC1O[C@H](C)C(O)C1O. The van der Waals surface area contributed by atoms with Gasteiger partial charge in [-0.25, -0.2) is 0 Å². The van der Waals surface area contributed by atoms with Crippen LogP contribution in [0.25, 0.3) is 0 Å². The van der Waals surface area contributed by atoms with Crippen LogP contribution in [-0.2, 0) is 4.74 Å². The summed E-state index contributed by atoms with van der Waals surface area (Å²) in [6.07, 6.45) is -1.87. The molecule has 0 aliphatic carbocycles. The van der Waals surface area contributed by atoms with Crippen molar-refractivity contribution in [3.8, 4) is 0 Å². The Hall–Kier alpha value is -0.120. The smallest absolute Gasteiger partial charge is 0.108 e. The first-order valence-electron chi connectivity index (χ1n) is 3.14. The van der Waals surface area contributed by atoms with Crippen molar-refractivity contribution in [1.29, 1.82) is 0 Å². The van der Waals surface area contributed by atoms with Crippen LogP contribution in [0.2, 0.25) is 0 Å². The van der Waals surface area contributed by atoms with Crippen LogP contribution in [0, 0.1) is 0 Å². The molecule has 4 atom stereocenters. The number of rotatable bonds is 0. The van der Waals surface area contributed by atoms with E-state index in [2.05, 4.69) is 0 Å². The molecule has 0 aromatic carbocycles. The van der Waals surface area contributed by atoms with Crippen molar-refractivity contribution in [3.63, 3.8) is 0 Å². The number of aliphatic hydroxyl groups is 2. The fourth-order valence-corrected chi connectivity index (χ4v) is 1.05. The first-order chi connectivity index (χ1) is 4.13. The van der Waals surface area contributed by atoms with Crippen LogP contribution in [0.5, 0.6) is 0 Å². The highest BCUT2D eigenvalue weighted by atomic mass is 16.5. The van der Waals surface area contributed by atoms with Gasteiger partial charge in [-0.15, -0.1) is 0 Å². The second kappa shape index (κ2) is 2.25. The molecule has 1 saturated heterocycles. The first-order valence-corrected chi connectivity index (χ1v) is 3.14. The summed E-state index contributed by atoms with van der Waals surface area (Å²) < 4.78 is 5.09. The Morgan fingerprint density at radius 2 is 1.33 bits per heavy atom. The lowest BCUT2D eigenvalue weighted by molar-refractivity contribution is 0.0281. The predicted molar refractivity (Wildman–Crippen MR) is 32.0 cm³/mol. The van der Waals surface area contributed by atoms with Crippen LogP contribution >= 0.6 is 0 Å². The number of hydrogen-bond acceptors (Lipinski definition) is 3. The van der Waals surface area contributed by atoms with Gasteiger partial charge < -0.3 is 14.9 Å². The summed E-state index contributed by atoms with van der Waals surface area (Å²) in [6.45, 7) is 3.49. The van der Waals surface area contributed by atoms with Gasteiger partial charge in [0, 0.05) is 0 Å². The molecular formula is C6H12O3. The summed E-state index contributed by atoms with van der Waals surface area (Å²) in [5.74, 6) is 0. The molecule has 1 heterocycles. The molecule has 3 nitrogen and oxygen atoms in total. The third-order valence-electron chi connectivity index (χ3n) is 1.74. The van der Waals surface area contributed by atoms with E-state index < -0.39 is 12.2 Å². The Labute approximate surface area is 54.3 Å². The fourth-order valence-electron chi connectivity index (χ4n) is 1.05. The number of hydrogen-bond donors (Lipinski definition) is 2. The zero-order valence-electron chi connectivity index (χ0n) is 5.61. The summed E-state index contributed by atoms with van der Waals surface area (Å²) in [5.41, 5.74) is 0. The molecule has 0 aromatic heterocycles. The van der Waals surface area contributed by atoms with Gasteiger partial charge in [-0.3, -0.25) is 0 Å². The van der Waals surface area contributed by atoms with Gasteiger partial charge in [0.1, 0.15) is 12.2 Å². The predicted octanol–water partition coefficient (Wildman–Crippen LogP) is -0.485. The Kier molecular flexibility index (Phi) is 1.75. The lowest BCUT2D eigenvalue weighted by atomic mass is 10.1. The van der Waals surface area contributed by atoms with E-state index in [1.807, 2.05) is 0 Å². The Balaban J connectivity index is 2.54. The summed E-state index contributed by atoms with van der Waals surface area (Å²) in [4.78, 5) is 0. The monoisotopic (exact) mass is 132 g/mol. The van der Waals surface area contributed by atoms with Gasteiger partial charge in [0.25, 0.3) is 0 Å². The second-order valence-electron chi connectivity index (χ2n) is 2.53. The number of aliphatic hydroxyl groups excluding tert-OH is 2. The lowest BCUT2D eigenvalue weighted by Gasteiger charge is -2.08. The molecule has 2 N–H and O–H groups in total. The van der Waals surface area contributed by atoms with Gasteiger partial charge in [-0.1, -0.05) is 0 Å². The Morgan fingerprint density at radius 3 is 1.44 bits per heavy atom. The molecule has 0 spiro atoms. The van der Waals surface area contributed by atoms with E-state index in [1.54, 1.807) is 13.8 Å². The van der Waals surface area contributed by atoms with Crippen molar-refractivity contribution in [1.82, 2.24) is 0 Å². The highest BCUT2D eigenvalue weighted by Gasteiger charge is 2.36. The normalized spacial score (nSPS) is 52.0. The van der Waals surface area contributed by atoms with Crippen molar-refractivity contribution in [2.75, 3.05) is 0 Å². The molecule has 54 valence electrons. The number of ether oxygens (including phenoxy) is 1. The first kappa shape index (κ1) is 6.99. The third kappa shape index (κ3) is 1.08. The molecule has 9 heavy (non-hydrogen) atoms. The van der Waals surface area contributed by atoms with Gasteiger partial charge in [0.15, 0.2) is 0 Å². The van der Waals surface area contributed by atoms with Gasteiger partial charge >= 0.3 is 0 Å². The summed E-state index contributed by atoms with van der Waals surface area (Å²) in [6, 6.07) is 0. The van der Waals surface area contributed by atoms with Crippen molar-refractivity contribution >= 4 is 0 Å². The minimum atomic E-state index is -0.708. The standard InChI is InChI=1S/C6H12O3/c1-3-5(7)6(8)4(2)9-3/h3-8H,1-2H3/t3-,4?,5?,6?/m1/s1. The topological polar surface area (TPSA) is 49.7 Å². The molecule has 0 aromatic rings. The van der Waals surface area contributed by atoms with E-state index >= 15 is 0 Å². The zero-order valence-corrected chi connectivity index (χ0v) is 5.61. The Bertz CT molecular complexity index is 92.5. The van der Waals surface area contributed by atoms with E-state index in [1.165, 1.54) is 0 Å². The van der Waals surface area contributed by atoms with Crippen LogP contribution < -0.4 is 0 Å². The maximum absolute atomic E-state index is 9.06. The van der Waals surface area contributed by atoms with E-state index in [0.717, 1.165) is 0 Å². The van der Waals surface area contributed by atoms with Crippen LogP contribution in [0.15, 0.2) is 0 Å². The van der Waals surface area contributed by atoms with Crippen molar-refractivity contribution < 1.29 is 14.9 Å². The molecule has 0 radical (unpaired) electrons. The summed E-state index contributed by atoms with van der Waals surface area (Å²) in [5, 5.41) is 18.1.